The fraction of sp³-hybridized carbons (Fsp3) is 0.500. The summed E-state index contributed by atoms with van der Waals surface area (Å²) >= 11 is 1.37. The van der Waals surface area contributed by atoms with Gasteiger partial charge >= 0.3 is 0 Å². The molecule has 10 heteroatoms. The lowest BCUT2D eigenvalue weighted by Crippen LogP contribution is -2.51. The molecule has 3 aromatic rings. The molecule has 0 spiro atoms. The standard InChI is InChI=1S/C26H36FN7OS/c1-20(2)34-14-12-32(13-15-34)18-23(16-21-4-6-22(27)7-5-21)31-26-30-17-24(36-26)25(35)29-8-3-10-33-11-9-28-19-33/h4-7,9,11,17,19-20,23H,3,8,10,12-16,18H2,1-2H3,(H,29,35)(H,30,31). The highest BCUT2D eigenvalue weighted by Gasteiger charge is 2.22. The lowest BCUT2D eigenvalue weighted by molar-refractivity contribution is 0.0956. The number of halogens is 1. The van der Waals surface area contributed by atoms with Crippen molar-refractivity contribution < 1.29 is 9.18 Å². The number of benzene rings is 1. The summed E-state index contributed by atoms with van der Waals surface area (Å²) in [6, 6.07) is 7.35. The summed E-state index contributed by atoms with van der Waals surface area (Å²) in [6.07, 6.45) is 8.65. The summed E-state index contributed by atoms with van der Waals surface area (Å²) in [4.78, 5) is 26.7. The van der Waals surface area contributed by atoms with Crippen LogP contribution in [-0.4, -0.2) is 81.6 Å². The van der Waals surface area contributed by atoms with Crippen LogP contribution >= 0.6 is 11.3 Å². The zero-order chi connectivity index (χ0) is 25.3. The molecule has 1 unspecified atom stereocenters. The van der Waals surface area contributed by atoms with Gasteiger partial charge < -0.3 is 15.2 Å². The number of carbonyl (C=O) groups excluding carboxylic acids is 1. The molecule has 1 atom stereocenters. The van der Waals surface area contributed by atoms with E-state index in [0.717, 1.165) is 62.8 Å². The molecule has 1 aromatic carbocycles. The number of nitrogens with one attached hydrogen (secondary N) is 2. The number of piperazine rings is 1. The number of anilines is 1. The molecule has 0 aliphatic carbocycles. The van der Waals surface area contributed by atoms with Crippen LogP contribution in [0.4, 0.5) is 9.52 Å². The van der Waals surface area contributed by atoms with E-state index in [-0.39, 0.29) is 17.8 Å². The predicted molar refractivity (Wildman–Crippen MR) is 142 cm³/mol. The molecule has 0 radical (unpaired) electrons. The molecular weight excluding hydrogens is 477 g/mol. The van der Waals surface area contributed by atoms with E-state index in [1.807, 2.05) is 22.9 Å². The van der Waals surface area contributed by atoms with Gasteiger partial charge in [0.25, 0.3) is 5.91 Å². The van der Waals surface area contributed by atoms with Gasteiger partial charge in [-0.2, -0.15) is 0 Å². The molecule has 194 valence electrons. The van der Waals surface area contributed by atoms with Gasteiger partial charge in [-0.3, -0.25) is 14.6 Å². The highest BCUT2D eigenvalue weighted by atomic mass is 32.1. The van der Waals surface area contributed by atoms with Crippen molar-refractivity contribution in [3.63, 3.8) is 0 Å². The molecule has 3 heterocycles. The zero-order valence-corrected chi connectivity index (χ0v) is 21.9. The Morgan fingerprint density at radius 1 is 1.17 bits per heavy atom. The molecule has 2 aromatic heterocycles. The van der Waals surface area contributed by atoms with Crippen LogP contribution in [0.5, 0.6) is 0 Å². The van der Waals surface area contributed by atoms with Crippen molar-refractivity contribution in [1.29, 1.82) is 0 Å². The van der Waals surface area contributed by atoms with Crippen molar-refractivity contribution in [2.45, 2.75) is 45.3 Å². The van der Waals surface area contributed by atoms with E-state index >= 15 is 0 Å². The van der Waals surface area contributed by atoms with Crippen LogP contribution in [0.25, 0.3) is 0 Å². The second-order valence-electron chi connectivity index (χ2n) is 9.54. The predicted octanol–water partition coefficient (Wildman–Crippen LogP) is 3.35. The third kappa shape index (κ3) is 7.84. The summed E-state index contributed by atoms with van der Waals surface area (Å²) < 4.78 is 15.4. The first kappa shape index (κ1) is 26.2. The molecule has 0 bridgehead atoms. The van der Waals surface area contributed by atoms with E-state index in [1.54, 1.807) is 18.7 Å². The quantitative estimate of drug-likeness (QED) is 0.362. The molecule has 2 N–H and O–H groups in total. The number of carbonyl (C=O) groups is 1. The van der Waals surface area contributed by atoms with E-state index in [1.165, 1.54) is 23.5 Å². The lowest BCUT2D eigenvalue weighted by Gasteiger charge is -2.38. The topological polar surface area (TPSA) is 78.3 Å². The van der Waals surface area contributed by atoms with Gasteiger partial charge in [0.1, 0.15) is 10.7 Å². The normalized spacial score (nSPS) is 15.8. The Morgan fingerprint density at radius 2 is 1.94 bits per heavy atom. The molecule has 1 aliphatic rings. The van der Waals surface area contributed by atoms with Gasteiger partial charge in [-0.25, -0.2) is 14.4 Å². The molecule has 0 saturated carbocycles. The molecule has 1 fully saturated rings. The molecule has 1 saturated heterocycles. The maximum atomic E-state index is 13.4. The smallest absolute Gasteiger partial charge is 0.263 e. The van der Waals surface area contributed by atoms with E-state index in [2.05, 4.69) is 44.2 Å². The van der Waals surface area contributed by atoms with E-state index in [0.29, 0.717) is 17.5 Å². The molecule has 36 heavy (non-hydrogen) atoms. The fourth-order valence-electron chi connectivity index (χ4n) is 4.43. The Bertz CT molecular complexity index is 1060. The Morgan fingerprint density at radius 3 is 2.64 bits per heavy atom. The first-order chi connectivity index (χ1) is 17.5. The number of imidazole rings is 1. The number of nitrogens with zero attached hydrogens (tertiary/aromatic N) is 5. The summed E-state index contributed by atoms with van der Waals surface area (Å²) in [5, 5.41) is 7.25. The first-order valence-electron chi connectivity index (χ1n) is 12.6. The first-order valence-corrected chi connectivity index (χ1v) is 13.4. The van der Waals surface area contributed by atoms with Crippen molar-refractivity contribution >= 4 is 22.4 Å². The van der Waals surface area contributed by atoms with Gasteiger partial charge in [0, 0.05) is 70.3 Å². The number of rotatable bonds is 12. The SMILES string of the molecule is CC(C)N1CCN(CC(Cc2ccc(F)cc2)Nc2ncc(C(=O)NCCCn3ccnc3)s2)CC1. The Balaban J connectivity index is 1.32. The van der Waals surface area contributed by atoms with E-state index in [9.17, 15) is 9.18 Å². The number of aryl methyl sites for hydroxylation is 1. The molecular formula is C26H36FN7OS. The molecule has 1 aliphatic heterocycles. The van der Waals surface area contributed by atoms with Gasteiger partial charge in [-0.05, 0) is 44.4 Å². The monoisotopic (exact) mass is 513 g/mol. The van der Waals surface area contributed by atoms with E-state index in [4.69, 9.17) is 0 Å². The van der Waals surface area contributed by atoms with Crippen molar-refractivity contribution in [2.75, 3.05) is 44.6 Å². The minimum atomic E-state index is -0.228. The second kappa shape index (κ2) is 12.9. The Hall–Kier alpha value is -2.82. The summed E-state index contributed by atoms with van der Waals surface area (Å²) in [5.41, 5.74) is 1.07. The Kier molecular flexibility index (Phi) is 9.43. The van der Waals surface area contributed by atoms with Crippen molar-refractivity contribution in [3.8, 4) is 0 Å². The van der Waals surface area contributed by atoms with Gasteiger partial charge in [0.05, 0.1) is 12.5 Å². The average Bonchev–Trinajstić information content (AvgIpc) is 3.56. The average molecular weight is 514 g/mol. The number of hydrogen-bond donors (Lipinski definition) is 2. The highest BCUT2D eigenvalue weighted by Crippen LogP contribution is 2.21. The number of aromatic nitrogens is 3. The molecule has 4 rings (SSSR count). The van der Waals surface area contributed by atoms with Crippen LogP contribution < -0.4 is 10.6 Å². The van der Waals surface area contributed by atoms with Gasteiger partial charge in [-0.1, -0.05) is 23.5 Å². The maximum absolute atomic E-state index is 13.4. The number of hydrogen-bond acceptors (Lipinski definition) is 7. The summed E-state index contributed by atoms with van der Waals surface area (Å²) in [5.74, 6) is -0.334. The van der Waals surface area contributed by atoms with Crippen molar-refractivity contribution in [1.82, 2.24) is 29.7 Å². The zero-order valence-electron chi connectivity index (χ0n) is 21.1. The highest BCUT2D eigenvalue weighted by molar-refractivity contribution is 7.17. The maximum Gasteiger partial charge on any atom is 0.263 e. The summed E-state index contributed by atoms with van der Waals surface area (Å²) in [6.45, 7) is 10.9. The molecule has 8 nitrogen and oxygen atoms in total. The van der Waals surface area contributed by atoms with Crippen LogP contribution in [0.3, 0.4) is 0 Å². The van der Waals surface area contributed by atoms with Crippen LogP contribution in [-0.2, 0) is 13.0 Å². The van der Waals surface area contributed by atoms with E-state index < -0.39 is 0 Å². The van der Waals surface area contributed by atoms with Crippen molar-refractivity contribution in [2.24, 2.45) is 0 Å². The van der Waals surface area contributed by atoms with Crippen LogP contribution in [0, 0.1) is 5.82 Å². The summed E-state index contributed by atoms with van der Waals surface area (Å²) in [7, 11) is 0. The number of amides is 1. The third-order valence-electron chi connectivity index (χ3n) is 6.51. The Labute approximate surface area is 216 Å². The molecule has 1 amide bonds. The number of thiazole rings is 1. The second-order valence-corrected chi connectivity index (χ2v) is 10.6. The lowest BCUT2D eigenvalue weighted by atomic mass is 10.0. The minimum absolute atomic E-state index is 0.0957. The van der Waals surface area contributed by atoms with Crippen LogP contribution in [0.2, 0.25) is 0 Å². The van der Waals surface area contributed by atoms with Crippen LogP contribution in [0.1, 0.15) is 35.5 Å². The fourth-order valence-corrected chi connectivity index (χ4v) is 5.24. The third-order valence-corrected chi connectivity index (χ3v) is 7.43. The van der Waals surface area contributed by atoms with Crippen molar-refractivity contribution in [3.05, 3.63) is 65.4 Å². The van der Waals surface area contributed by atoms with Gasteiger partial charge in [0.15, 0.2) is 5.13 Å². The minimum Gasteiger partial charge on any atom is -0.357 e. The van der Waals surface area contributed by atoms with Crippen LogP contribution in [0.15, 0.2) is 49.2 Å². The largest absolute Gasteiger partial charge is 0.357 e. The van der Waals surface area contributed by atoms with Gasteiger partial charge in [0.2, 0.25) is 0 Å². The van der Waals surface area contributed by atoms with Gasteiger partial charge in [-0.15, -0.1) is 0 Å².